The molecule has 0 saturated heterocycles. The van der Waals surface area contributed by atoms with Crippen molar-refractivity contribution in [2.75, 3.05) is 13.1 Å². The largest absolute Gasteiger partial charge is 0.308 e. The summed E-state index contributed by atoms with van der Waals surface area (Å²) in [6, 6.07) is 0.362. The lowest BCUT2D eigenvalue weighted by atomic mass is 10.3. The van der Waals surface area contributed by atoms with Crippen molar-refractivity contribution in [1.82, 2.24) is 5.32 Å². The molecule has 0 atom stereocenters. The molecule has 0 fully saturated rings. The van der Waals surface area contributed by atoms with Crippen LogP contribution in [-0.2, 0) is 4.79 Å². The highest BCUT2D eigenvalue weighted by atomic mass is 16.1. The van der Waals surface area contributed by atoms with E-state index in [1.54, 1.807) is 0 Å². The first-order valence-corrected chi connectivity index (χ1v) is 4.25. The lowest BCUT2D eigenvalue weighted by Gasteiger charge is -2.05. The van der Waals surface area contributed by atoms with Crippen LogP contribution in [0.25, 0.3) is 0 Å². The van der Waals surface area contributed by atoms with Gasteiger partial charge in [-0.15, -0.1) is 0 Å². The Labute approximate surface area is 74.3 Å². The fourth-order valence-electron chi connectivity index (χ4n) is 0.620. The molecule has 12 heavy (non-hydrogen) atoms. The van der Waals surface area contributed by atoms with Crippen LogP contribution < -0.4 is 5.32 Å². The smallest absolute Gasteiger partial charge is 0.167 e. The highest BCUT2D eigenvalue weighted by molar-refractivity contribution is 5.86. The van der Waals surface area contributed by atoms with Gasteiger partial charge in [-0.1, -0.05) is 13.8 Å². The number of hydrogen-bond donors (Lipinski definition) is 1. The van der Waals surface area contributed by atoms with Gasteiger partial charge in [0.05, 0.1) is 13.1 Å². The minimum absolute atomic E-state index is 0.143. The van der Waals surface area contributed by atoms with E-state index in [-0.39, 0.29) is 5.78 Å². The van der Waals surface area contributed by atoms with E-state index in [9.17, 15) is 4.79 Å². The summed E-state index contributed by atoms with van der Waals surface area (Å²) in [5.41, 5.74) is 0.952. The summed E-state index contributed by atoms with van der Waals surface area (Å²) in [7, 11) is 0. The molecule has 0 aliphatic heterocycles. The van der Waals surface area contributed by atoms with Gasteiger partial charge in [-0.05, 0) is 13.8 Å². The predicted molar refractivity (Wildman–Crippen MR) is 51.8 cm³/mol. The number of Topliss-reactive ketones (excluding diaryl/α,β-unsaturated/α-hetero) is 1. The molecule has 0 amide bonds. The number of carbonyl (C=O) groups is 1. The van der Waals surface area contributed by atoms with Crippen LogP contribution in [-0.4, -0.2) is 30.6 Å². The molecule has 0 rings (SSSR count). The predicted octanol–water partition coefficient (Wildman–Crippen LogP) is 1.03. The first kappa shape index (κ1) is 11.3. The van der Waals surface area contributed by atoms with E-state index in [4.69, 9.17) is 0 Å². The lowest BCUT2D eigenvalue weighted by molar-refractivity contribution is -0.117. The van der Waals surface area contributed by atoms with Gasteiger partial charge in [-0.3, -0.25) is 9.79 Å². The summed E-state index contributed by atoms with van der Waals surface area (Å²) in [5, 5.41) is 3.05. The van der Waals surface area contributed by atoms with Crippen molar-refractivity contribution < 1.29 is 4.79 Å². The molecule has 70 valence electrons. The van der Waals surface area contributed by atoms with E-state index >= 15 is 0 Å². The van der Waals surface area contributed by atoms with Gasteiger partial charge in [-0.2, -0.15) is 0 Å². The first-order chi connectivity index (χ1) is 5.52. The quantitative estimate of drug-likeness (QED) is 0.626. The van der Waals surface area contributed by atoms with Crippen LogP contribution in [0, 0.1) is 0 Å². The van der Waals surface area contributed by atoms with E-state index in [1.165, 1.54) is 0 Å². The van der Waals surface area contributed by atoms with Gasteiger partial charge in [0.25, 0.3) is 0 Å². The number of ketones is 1. The van der Waals surface area contributed by atoms with E-state index in [0.717, 1.165) is 5.71 Å². The summed E-state index contributed by atoms with van der Waals surface area (Å²) in [6.45, 7) is 8.55. The van der Waals surface area contributed by atoms with Crippen molar-refractivity contribution >= 4 is 11.5 Å². The van der Waals surface area contributed by atoms with Crippen LogP contribution >= 0.6 is 0 Å². The Kier molecular flexibility index (Phi) is 5.54. The lowest BCUT2D eigenvalue weighted by Crippen LogP contribution is -2.30. The molecule has 0 aromatic carbocycles. The minimum atomic E-state index is 0.143. The Morgan fingerprint density at radius 1 is 1.42 bits per heavy atom. The van der Waals surface area contributed by atoms with Crippen LogP contribution in [0.1, 0.15) is 27.7 Å². The van der Waals surface area contributed by atoms with Gasteiger partial charge in [0.2, 0.25) is 0 Å². The number of nitrogens with zero attached hydrogens (tertiary/aromatic N) is 1. The zero-order valence-corrected chi connectivity index (χ0v) is 8.35. The molecule has 0 aromatic heterocycles. The number of rotatable bonds is 5. The number of hydrogen-bond acceptors (Lipinski definition) is 3. The third-order valence-electron chi connectivity index (χ3n) is 1.28. The second-order valence-corrected chi connectivity index (χ2v) is 3.34. The number of carbonyl (C=O) groups excluding carboxylic acids is 1. The maximum absolute atomic E-state index is 11.1. The van der Waals surface area contributed by atoms with E-state index in [1.807, 2.05) is 27.7 Å². The molecule has 3 heteroatoms. The molecule has 0 spiro atoms. The normalized spacial score (nSPS) is 10.1. The topological polar surface area (TPSA) is 41.5 Å². The Balaban J connectivity index is 3.54. The van der Waals surface area contributed by atoms with Gasteiger partial charge in [0, 0.05) is 11.8 Å². The van der Waals surface area contributed by atoms with Crippen LogP contribution in [0.4, 0.5) is 0 Å². The summed E-state index contributed by atoms with van der Waals surface area (Å²) in [6.07, 6.45) is 0. The summed E-state index contributed by atoms with van der Waals surface area (Å²) < 4.78 is 0. The highest BCUT2D eigenvalue weighted by Gasteiger charge is 2.00. The Morgan fingerprint density at radius 2 is 2.00 bits per heavy atom. The van der Waals surface area contributed by atoms with Crippen LogP contribution in [0.2, 0.25) is 0 Å². The van der Waals surface area contributed by atoms with E-state index in [0.29, 0.717) is 19.1 Å². The van der Waals surface area contributed by atoms with Crippen molar-refractivity contribution in [3.05, 3.63) is 0 Å². The maximum Gasteiger partial charge on any atom is 0.167 e. The van der Waals surface area contributed by atoms with Gasteiger partial charge in [0.1, 0.15) is 0 Å². The summed E-state index contributed by atoms with van der Waals surface area (Å²) in [4.78, 5) is 15.1. The van der Waals surface area contributed by atoms with Crippen LogP contribution in [0.3, 0.4) is 0 Å². The van der Waals surface area contributed by atoms with Crippen molar-refractivity contribution in [3.8, 4) is 0 Å². The average molecular weight is 170 g/mol. The van der Waals surface area contributed by atoms with Gasteiger partial charge >= 0.3 is 0 Å². The molecule has 0 radical (unpaired) electrons. The van der Waals surface area contributed by atoms with Crippen molar-refractivity contribution in [3.63, 3.8) is 0 Å². The third kappa shape index (κ3) is 7.41. The van der Waals surface area contributed by atoms with Gasteiger partial charge in [0.15, 0.2) is 5.78 Å². The standard InChI is InChI=1S/C9H18N2O/c1-7(2)10-5-9(12)6-11-8(3)4/h7,10H,5-6H2,1-4H3. The molecule has 0 saturated carbocycles. The fourth-order valence-corrected chi connectivity index (χ4v) is 0.620. The molecule has 1 N–H and O–H groups in total. The third-order valence-corrected chi connectivity index (χ3v) is 1.28. The van der Waals surface area contributed by atoms with Crippen LogP contribution in [0.15, 0.2) is 4.99 Å². The molecule has 0 heterocycles. The molecule has 0 aromatic rings. The van der Waals surface area contributed by atoms with Crippen molar-refractivity contribution in [2.45, 2.75) is 33.7 Å². The highest BCUT2D eigenvalue weighted by Crippen LogP contribution is 1.80. The SMILES string of the molecule is CC(C)=NCC(=O)CNC(C)C. The first-order valence-electron chi connectivity index (χ1n) is 4.25. The van der Waals surface area contributed by atoms with E-state index < -0.39 is 0 Å². The maximum atomic E-state index is 11.1. The second kappa shape index (κ2) is 5.89. The zero-order chi connectivity index (χ0) is 9.56. The van der Waals surface area contributed by atoms with Gasteiger partial charge < -0.3 is 5.32 Å². The Bertz CT molecular complexity index is 169. The molecule has 0 unspecified atom stereocenters. The summed E-state index contributed by atoms with van der Waals surface area (Å²) in [5.74, 6) is 0.143. The molecule has 0 aliphatic carbocycles. The Morgan fingerprint density at radius 3 is 2.42 bits per heavy atom. The van der Waals surface area contributed by atoms with Crippen molar-refractivity contribution in [1.29, 1.82) is 0 Å². The monoisotopic (exact) mass is 170 g/mol. The molecule has 3 nitrogen and oxygen atoms in total. The fraction of sp³-hybridized carbons (Fsp3) is 0.778. The Hall–Kier alpha value is -0.700. The molecule has 0 aliphatic rings. The molecule has 0 bridgehead atoms. The summed E-state index contributed by atoms with van der Waals surface area (Å²) >= 11 is 0. The van der Waals surface area contributed by atoms with Crippen molar-refractivity contribution in [2.24, 2.45) is 4.99 Å². The number of nitrogens with one attached hydrogen (secondary N) is 1. The molecular formula is C9H18N2O. The second-order valence-electron chi connectivity index (χ2n) is 3.34. The van der Waals surface area contributed by atoms with E-state index in [2.05, 4.69) is 10.3 Å². The van der Waals surface area contributed by atoms with Crippen LogP contribution in [0.5, 0.6) is 0 Å². The van der Waals surface area contributed by atoms with Gasteiger partial charge in [-0.25, -0.2) is 0 Å². The zero-order valence-electron chi connectivity index (χ0n) is 8.35. The molecular weight excluding hydrogens is 152 g/mol. The minimum Gasteiger partial charge on any atom is -0.308 e. The average Bonchev–Trinajstić information content (AvgIpc) is 1.96. The number of aliphatic imine (C=N–C) groups is 1.